The van der Waals surface area contributed by atoms with E-state index in [9.17, 15) is 14.0 Å². The summed E-state index contributed by atoms with van der Waals surface area (Å²) >= 11 is 1.51. The summed E-state index contributed by atoms with van der Waals surface area (Å²) in [4.78, 5) is 26.9. The lowest BCUT2D eigenvalue weighted by atomic mass is 9.93. The van der Waals surface area contributed by atoms with Gasteiger partial charge >= 0.3 is 12.0 Å². The molecule has 0 bridgehead atoms. The number of carbonyl (C=O) groups excluding carboxylic acids is 2. The third-order valence-corrected chi connectivity index (χ3v) is 5.29. The molecule has 1 aliphatic heterocycles. The van der Waals surface area contributed by atoms with Crippen molar-refractivity contribution in [3.63, 3.8) is 0 Å². The van der Waals surface area contributed by atoms with Gasteiger partial charge in [-0.2, -0.15) is 0 Å². The minimum atomic E-state index is -0.893. The fraction of sp³-hybridized carbons (Fsp3) is 0.263. The Labute approximate surface area is 155 Å². The smallest absolute Gasteiger partial charge is 0.338 e. The topological polar surface area (TPSA) is 58.6 Å². The van der Waals surface area contributed by atoms with E-state index in [1.807, 2.05) is 17.5 Å². The second-order valence-electron chi connectivity index (χ2n) is 5.87. The maximum absolute atomic E-state index is 14.9. The van der Waals surface area contributed by atoms with Crippen molar-refractivity contribution in [3.05, 3.63) is 58.4 Å². The molecular weight excluding hydrogens is 355 g/mol. The van der Waals surface area contributed by atoms with Gasteiger partial charge in [-0.1, -0.05) is 18.2 Å². The number of benzene rings is 1. The van der Waals surface area contributed by atoms with Gasteiger partial charge < -0.3 is 15.0 Å². The summed E-state index contributed by atoms with van der Waals surface area (Å²) in [6.07, 6.45) is 0. The molecule has 0 unspecified atom stereocenters. The highest BCUT2D eigenvalue weighted by atomic mass is 32.1. The van der Waals surface area contributed by atoms with E-state index in [1.165, 1.54) is 22.3 Å². The summed E-state index contributed by atoms with van der Waals surface area (Å²) < 4.78 is 20.0. The molecule has 1 aliphatic rings. The van der Waals surface area contributed by atoms with Crippen LogP contribution in [0.1, 0.15) is 25.5 Å². The summed E-state index contributed by atoms with van der Waals surface area (Å²) in [7, 11) is 1.55. The van der Waals surface area contributed by atoms with Gasteiger partial charge in [0.2, 0.25) is 0 Å². The number of ether oxygens (including phenoxy) is 1. The van der Waals surface area contributed by atoms with Gasteiger partial charge in [0.1, 0.15) is 5.82 Å². The van der Waals surface area contributed by atoms with Crippen LogP contribution < -0.4 is 5.32 Å². The third kappa shape index (κ3) is 3.22. The van der Waals surface area contributed by atoms with Crippen molar-refractivity contribution < 1.29 is 18.7 Å². The molecule has 136 valence electrons. The zero-order valence-electron chi connectivity index (χ0n) is 14.7. The molecule has 0 spiro atoms. The molecule has 1 aromatic heterocycles. The van der Waals surface area contributed by atoms with Crippen LogP contribution in [0.2, 0.25) is 0 Å². The van der Waals surface area contributed by atoms with Crippen molar-refractivity contribution in [2.24, 2.45) is 0 Å². The Kier molecular flexibility index (Phi) is 5.08. The summed E-state index contributed by atoms with van der Waals surface area (Å²) in [6.45, 7) is 3.54. The number of nitrogens with zero attached hydrogens (tertiary/aromatic N) is 1. The summed E-state index contributed by atoms with van der Waals surface area (Å²) in [5.74, 6) is -1.05. The third-order valence-electron chi connectivity index (χ3n) is 4.37. The van der Waals surface area contributed by atoms with Gasteiger partial charge in [-0.15, -0.1) is 11.3 Å². The number of esters is 1. The van der Waals surface area contributed by atoms with Gasteiger partial charge in [0.25, 0.3) is 0 Å². The molecule has 3 rings (SSSR count). The van der Waals surface area contributed by atoms with Crippen LogP contribution in [0.4, 0.5) is 9.18 Å². The Morgan fingerprint density at radius 3 is 2.77 bits per heavy atom. The predicted octanol–water partition coefficient (Wildman–Crippen LogP) is 4.09. The zero-order chi connectivity index (χ0) is 18.8. The van der Waals surface area contributed by atoms with Crippen LogP contribution >= 0.6 is 11.3 Å². The van der Waals surface area contributed by atoms with Crippen molar-refractivity contribution in [1.29, 1.82) is 0 Å². The van der Waals surface area contributed by atoms with Gasteiger partial charge in [-0.25, -0.2) is 14.0 Å². The van der Waals surface area contributed by atoms with E-state index in [4.69, 9.17) is 4.74 Å². The van der Waals surface area contributed by atoms with Crippen molar-refractivity contribution in [2.75, 3.05) is 13.7 Å². The van der Waals surface area contributed by atoms with Crippen LogP contribution in [0, 0.1) is 5.82 Å². The molecule has 1 N–H and O–H groups in total. The minimum absolute atomic E-state index is 0.194. The van der Waals surface area contributed by atoms with E-state index in [0.29, 0.717) is 5.70 Å². The Hall–Kier alpha value is -2.67. The highest BCUT2D eigenvalue weighted by molar-refractivity contribution is 7.13. The summed E-state index contributed by atoms with van der Waals surface area (Å²) in [6, 6.07) is 7.32. The lowest BCUT2D eigenvalue weighted by Gasteiger charge is -2.33. The average Bonchev–Trinajstić information content (AvgIpc) is 3.14. The van der Waals surface area contributed by atoms with Crippen LogP contribution in [-0.2, 0) is 9.53 Å². The Balaban J connectivity index is 2.05. The monoisotopic (exact) mass is 374 g/mol. The van der Waals surface area contributed by atoms with Gasteiger partial charge in [0.15, 0.2) is 0 Å². The number of allylic oxidation sites excluding steroid dienone is 1. The first-order valence-corrected chi connectivity index (χ1v) is 9.07. The number of rotatable bonds is 4. The van der Waals surface area contributed by atoms with Gasteiger partial charge in [0.05, 0.1) is 18.2 Å². The van der Waals surface area contributed by atoms with Crippen molar-refractivity contribution in [3.8, 4) is 10.4 Å². The molecule has 1 aromatic carbocycles. The highest BCUT2D eigenvalue weighted by Crippen LogP contribution is 2.34. The second kappa shape index (κ2) is 7.29. The first-order chi connectivity index (χ1) is 12.4. The average molecular weight is 374 g/mol. The number of amides is 2. The lowest BCUT2D eigenvalue weighted by Crippen LogP contribution is -2.46. The fourth-order valence-electron chi connectivity index (χ4n) is 2.90. The highest BCUT2D eigenvalue weighted by Gasteiger charge is 2.36. The minimum Gasteiger partial charge on any atom is -0.463 e. The molecule has 0 saturated carbocycles. The quantitative estimate of drug-likeness (QED) is 0.820. The largest absolute Gasteiger partial charge is 0.463 e. The van der Waals surface area contributed by atoms with Crippen LogP contribution in [0.3, 0.4) is 0 Å². The SMILES string of the molecule is CCOC(=O)C1=C(C)N(C)C(=O)N[C@@H]1c1ccc(-c2cccs2)cc1F. The Morgan fingerprint density at radius 2 is 2.15 bits per heavy atom. The van der Waals surface area contributed by atoms with Crippen LogP contribution in [-0.4, -0.2) is 30.6 Å². The molecule has 2 amide bonds. The molecule has 26 heavy (non-hydrogen) atoms. The van der Waals surface area contributed by atoms with Crippen molar-refractivity contribution >= 4 is 23.3 Å². The maximum Gasteiger partial charge on any atom is 0.338 e. The van der Waals surface area contributed by atoms with E-state index in [2.05, 4.69) is 5.32 Å². The molecule has 0 fully saturated rings. The summed E-state index contributed by atoms with van der Waals surface area (Å²) in [5, 5.41) is 4.61. The normalized spacial score (nSPS) is 17.3. The molecule has 0 radical (unpaired) electrons. The Morgan fingerprint density at radius 1 is 1.38 bits per heavy atom. The number of hydrogen-bond acceptors (Lipinski definition) is 4. The molecule has 5 nitrogen and oxygen atoms in total. The molecule has 0 aliphatic carbocycles. The summed E-state index contributed by atoms with van der Waals surface area (Å²) in [5.41, 5.74) is 1.66. The first kappa shape index (κ1) is 18.1. The van der Waals surface area contributed by atoms with Crippen LogP contribution in [0.15, 0.2) is 47.0 Å². The van der Waals surface area contributed by atoms with E-state index in [-0.39, 0.29) is 17.7 Å². The molecule has 7 heteroatoms. The van der Waals surface area contributed by atoms with E-state index < -0.39 is 23.9 Å². The van der Waals surface area contributed by atoms with E-state index >= 15 is 0 Å². The van der Waals surface area contributed by atoms with Crippen LogP contribution in [0.5, 0.6) is 0 Å². The predicted molar refractivity (Wildman–Crippen MR) is 98.1 cm³/mol. The van der Waals surface area contributed by atoms with Crippen LogP contribution in [0.25, 0.3) is 10.4 Å². The fourth-order valence-corrected chi connectivity index (χ4v) is 3.62. The molecule has 2 aromatic rings. The van der Waals surface area contributed by atoms with Gasteiger partial charge in [-0.05, 0) is 36.9 Å². The number of carbonyl (C=O) groups is 2. The number of halogens is 1. The van der Waals surface area contributed by atoms with Gasteiger partial charge in [0, 0.05) is 23.2 Å². The number of nitrogens with one attached hydrogen (secondary N) is 1. The molecule has 2 heterocycles. The molecular formula is C19H19FN2O3S. The Bertz CT molecular complexity index is 877. The lowest BCUT2D eigenvalue weighted by molar-refractivity contribution is -0.139. The number of thiophene rings is 1. The number of hydrogen-bond donors (Lipinski definition) is 1. The van der Waals surface area contributed by atoms with Crippen molar-refractivity contribution in [2.45, 2.75) is 19.9 Å². The van der Waals surface area contributed by atoms with Gasteiger partial charge in [-0.3, -0.25) is 0 Å². The van der Waals surface area contributed by atoms with Crippen molar-refractivity contribution in [1.82, 2.24) is 10.2 Å². The van der Waals surface area contributed by atoms with E-state index in [0.717, 1.165) is 10.4 Å². The molecule has 0 saturated heterocycles. The zero-order valence-corrected chi connectivity index (χ0v) is 15.5. The maximum atomic E-state index is 14.9. The standard InChI is InChI=1S/C19H19FN2O3S/c1-4-25-18(23)16-11(2)22(3)19(24)21-17(16)13-8-7-12(10-14(13)20)15-6-5-9-26-15/h5-10,17H,4H2,1-3H3,(H,21,24)/t17-/m1/s1. The number of urea groups is 1. The second-order valence-corrected chi connectivity index (χ2v) is 6.82. The first-order valence-electron chi connectivity index (χ1n) is 8.19. The molecule has 1 atom stereocenters. The van der Waals surface area contributed by atoms with E-state index in [1.54, 1.807) is 33.0 Å².